The minimum Gasteiger partial charge on any atom is -0.466 e. The molecule has 0 aliphatic rings. The Balaban J connectivity index is 3.42. The van der Waals surface area contributed by atoms with Crippen LogP contribution < -0.4 is 5.32 Å². The molecule has 0 saturated carbocycles. The van der Waals surface area contributed by atoms with E-state index < -0.39 is 35.1 Å². The number of hydrogen-bond acceptors (Lipinski definition) is 5. The molecule has 0 spiro atoms. The van der Waals surface area contributed by atoms with E-state index in [2.05, 4.69) is 30.7 Å². The second-order valence-electron chi connectivity index (χ2n) is 4.01. The first kappa shape index (κ1) is 19.3. The fraction of sp³-hybridized carbons (Fsp3) is 0.231. The van der Waals surface area contributed by atoms with Crippen LogP contribution in [0.4, 0.5) is 18.9 Å². The maximum absolute atomic E-state index is 13.1. The SMILES string of the molecule is COC(=O)/C=C(/Nc1c(Cl)cc(Br)cc1C(F)(F)F)C(=O)OC. The van der Waals surface area contributed by atoms with E-state index in [9.17, 15) is 22.8 Å². The van der Waals surface area contributed by atoms with Crippen LogP contribution in [0.5, 0.6) is 0 Å². The number of nitrogens with one attached hydrogen (secondary N) is 1. The third-order valence-corrected chi connectivity index (χ3v) is 3.24. The molecule has 10 heteroatoms. The van der Waals surface area contributed by atoms with Gasteiger partial charge >= 0.3 is 18.1 Å². The quantitative estimate of drug-likeness (QED) is 0.598. The van der Waals surface area contributed by atoms with Gasteiger partial charge in [-0.3, -0.25) is 0 Å². The second kappa shape index (κ2) is 7.69. The molecule has 0 unspecified atom stereocenters. The summed E-state index contributed by atoms with van der Waals surface area (Å²) >= 11 is 8.72. The Kier molecular flexibility index (Phi) is 6.46. The van der Waals surface area contributed by atoms with Crippen molar-refractivity contribution >= 4 is 45.2 Å². The molecule has 0 amide bonds. The number of anilines is 1. The third kappa shape index (κ3) is 5.14. The number of ether oxygens (including phenoxy) is 2. The number of benzene rings is 1. The van der Waals surface area contributed by atoms with Crippen molar-refractivity contribution in [2.75, 3.05) is 19.5 Å². The predicted molar refractivity (Wildman–Crippen MR) is 79.9 cm³/mol. The molecule has 126 valence electrons. The van der Waals surface area contributed by atoms with E-state index in [-0.39, 0.29) is 9.50 Å². The maximum Gasteiger partial charge on any atom is 0.418 e. The summed E-state index contributed by atoms with van der Waals surface area (Å²) in [4.78, 5) is 22.9. The molecule has 0 fully saturated rings. The summed E-state index contributed by atoms with van der Waals surface area (Å²) in [7, 11) is 2.05. The van der Waals surface area contributed by atoms with Gasteiger partial charge in [0.1, 0.15) is 5.70 Å². The molecule has 5 nitrogen and oxygen atoms in total. The van der Waals surface area contributed by atoms with Crippen molar-refractivity contribution in [1.29, 1.82) is 0 Å². The monoisotopic (exact) mass is 415 g/mol. The fourth-order valence-electron chi connectivity index (χ4n) is 1.49. The van der Waals surface area contributed by atoms with Gasteiger partial charge in [0.25, 0.3) is 0 Å². The standard InChI is InChI=1S/C13H10BrClF3NO4/c1-22-10(20)5-9(12(21)23-2)19-11-7(13(16,17)18)3-6(14)4-8(11)15/h3-5,19H,1-2H3/b9-5+. The summed E-state index contributed by atoms with van der Waals surface area (Å²) in [6, 6.07) is 1.98. The van der Waals surface area contributed by atoms with Gasteiger partial charge in [-0.2, -0.15) is 13.2 Å². The van der Waals surface area contributed by atoms with Crippen LogP contribution in [0.2, 0.25) is 5.02 Å². The summed E-state index contributed by atoms with van der Waals surface area (Å²) in [6.45, 7) is 0. The number of hydrogen-bond donors (Lipinski definition) is 1. The number of methoxy groups -OCH3 is 2. The summed E-state index contributed by atoms with van der Waals surface area (Å²) in [5, 5.41) is 1.86. The summed E-state index contributed by atoms with van der Waals surface area (Å²) in [5.74, 6) is -2.03. The molecule has 1 N–H and O–H groups in total. The third-order valence-electron chi connectivity index (χ3n) is 2.49. The molecule has 0 aliphatic heterocycles. The summed E-state index contributed by atoms with van der Waals surface area (Å²) in [5.41, 5.74) is -2.28. The minimum absolute atomic E-state index is 0.0944. The Morgan fingerprint density at radius 3 is 2.35 bits per heavy atom. The highest BCUT2D eigenvalue weighted by molar-refractivity contribution is 9.10. The molecule has 1 aromatic rings. The molecule has 0 atom stereocenters. The molecule has 0 aliphatic carbocycles. The Bertz CT molecular complexity index is 661. The smallest absolute Gasteiger partial charge is 0.418 e. The highest BCUT2D eigenvalue weighted by Crippen LogP contribution is 2.41. The Morgan fingerprint density at radius 1 is 1.26 bits per heavy atom. The van der Waals surface area contributed by atoms with Crippen LogP contribution in [0.25, 0.3) is 0 Å². The molecular formula is C13H10BrClF3NO4. The Morgan fingerprint density at radius 2 is 1.87 bits per heavy atom. The average molecular weight is 417 g/mol. The lowest BCUT2D eigenvalue weighted by Crippen LogP contribution is -2.18. The van der Waals surface area contributed by atoms with Gasteiger partial charge in [0.15, 0.2) is 0 Å². The van der Waals surface area contributed by atoms with Crippen molar-refractivity contribution in [3.8, 4) is 0 Å². The lowest BCUT2D eigenvalue weighted by atomic mass is 10.1. The van der Waals surface area contributed by atoms with Crippen LogP contribution in [-0.4, -0.2) is 26.2 Å². The van der Waals surface area contributed by atoms with Crippen LogP contribution in [0.3, 0.4) is 0 Å². The largest absolute Gasteiger partial charge is 0.466 e. The molecule has 0 heterocycles. The van der Waals surface area contributed by atoms with E-state index in [1.165, 1.54) is 6.07 Å². The maximum atomic E-state index is 13.1. The average Bonchev–Trinajstić information content (AvgIpc) is 2.46. The lowest BCUT2D eigenvalue weighted by Gasteiger charge is -2.17. The predicted octanol–water partition coefficient (Wildman–Crippen LogP) is 3.76. The van der Waals surface area contributed by atoms with Gasteiger partial charge in [0.05, 0.1) is 36.6 Å². The van der Waals surface area contributed by atoms with Gasteiger partial charge in [0.2, 0.25) is 0 Å². The first-order valence-corrected chi connectivity index (χ1v) is 6.98. The summed E-state index contributed by atoms with van der Waals surface area (Å²) in [6.07, 6.45) is -4.09. The van der Waals surface area contributed by atoms with Crippen molar-refractivity contribution in [1.82, 2.24) is 0 Å². The van der Waals surface area contributed by atoms with Gasteiger partial charge in [0, 0.05) is 4.47 Å². The van der Waals surface area contributed by atoms with Crippen molar-refractivity contribution in [2.45, 2.75) is 6.18 Å². The highest BCUT2D eigenvalue weighted by Gasteiger charge is 2.35. The molecule has 0 aromatic heterocycles. The molecule has 0 radical (unpaired) electrons. The number of carbonyl (C=O) groups is 2. The molecule has 0 saturated heterocycles. The van der Waals surface area contributed by atoms with E-state index in [1.54, 1.807) is 0 Å². The van der Waals surface area contributed by atoms with Gasteiger partial charge in [-0.25, -0.2) is 9.59 Å². The zero-order valence-corrected chi connectivity index (χ0v) is 14.1. The number of halogens is 5. The molecule has 23 heavy (non-hydrogen) atoms. The van der Waals surface area contributed by atoms with E-state index in [0.29, 0.717) is 6.08 Å². The minimum atomic E-state index is -4.75. The first-order chi connectivity index (χ1) is 10.6. The molecule has 0 bridgehead atoms. The highest BCUT2D eigenvalue weighted by atomic mass is 79.9. The van der Waals surface area contributed by atoms with Gasteiger partial charge < -0.3 is 14.8 Å². The van der Waals surface area contributed by atoms with Crippen molar-refractivity contribution < 1.29 is 32.2 Å². The topological polar surface area (TPSA) is 64.6 Å². The molecule has 1 rings (SSSR count). The van der Waals surface area contributed by atoms with Crippen LogP contribution in [0.1, 0.15) is 5.56 Å². The van der Waals surface area contributed by atoms with Crippen molar-refractivity contribution in [3.63, 3.8) is 0 Å². The van der Waals surface area contributed by atoms with E-state index in [1.807, 2.05) is 0 Å². The van der Waals surface area contributed by atoms with E-state index in [0.717, 1.165) is 20.3 Å². The zero-order valence-electron chi connectivity index (χ0n) is 11.8. The normalized spacial score (nSPS) is 11.9. The van der Waals surface area contributed by atoms with Crippen molar-refractivity contribution in [3.05, 3.63) is 39.0 Å². The van der Waals surface area contributed by atoms with Crippen LogP contribution in [0, 0.1) is 0 Å². The van der Waals surface area contributed by atoms with Crippen LogP contribution in [0.15, 0.2) is 28.4 Å². The van der Waals surface area contributed by atoms with Crippen molar-refractivity contribution in [2.24, 2.45) is 0 Å². The zero-order chi connectivity index (χ0) is 17.8. The Hall–Kier alpha value is -1.74. The van der Waals surface area contributed by atoms with Gasteiger partial charge in [-0.05, 0) is 12.1 Å². The van der Waals surface area contributed by atoms with E-state index in [4.69, 9.17) is 11.6 Å². The number of alkyl halides is 3. The van der Waals surface area contributed by atoms with Gasteiger partial charge in [-0.1, -0.05) is 27.5 Å². The van der Waals surface area contributed by atoms with E-state index >= 15 is 0 Å². The molecule has 1 aromatic carbocycles. The Labute approximate surface area is 142 Å². The first-order valence-electron chi connectivity index (χ1n) is 5.81. The molecular weight excluding hydrogens is 406 g/mol. The number of rotatable bonds is 4. The lowest BCUT2D eigenvalue weighted by molar-refractivity contribution is -0.138. The summed E-state index contributed by atoms with van der Waals surface area (Å²) < 4.78 is 48.2. The van der Waals surface area contributed by atoms with Gasteiger partial charge in [-0.15, -0.1) is 0 Å². The van der Waals surface area contributed by atoms with Crippen LogP contribution >= 0.6 is 27.5 Å². The second-order valence-corrected chi connectivity index (χ2v) is 5.33. The van der Waals surface area contributed by atoms with Crippen LogP contribution in [-0.2, 0) is 25.2 Å². The number of esters is 2. The fourth-order valence-corrected chi connectivity index (χ4v) is 2.35. The number of carbonyl (C=O) groups excluding carboxylic acids is 2.